The third-order valence-corrected chi connectivity index (χ3v) is 1.97. The molecule has 0 aliphatic heterocycles. The number of hydrogen-bond donors (Lipinski definition) is 2. The van der Waals surface area contributed by atoms with E-state index in [1.165, 1.54) is 6.07 Å². The van der Waals surface area contributed by atoms with E-state index >= 15 is 0 Å². The largest absolute Gasteiger partial charge is 0.397 e. The second kappa shape index (κ2) is 3.97. The maximum Gasteiger partial charge on any atom is 0.265 e. The summed E-state index contributed by atoms with van der Waals surface area (Å²) in [5.74, 6) is 0. The average molecular weight is 252 g/mol. The smallest absolute Gasteiger partial charge is 0.265 e. The van der Waals surface area contributed by atoms with E-state index in [1.807, 2.05) is 0 Å². The van der Waals surface area contributed by atoms with Gasteiger partial charge in [-0.3, -0.25) is 0 Å². The molecule has 0 spiro atoms. The zero-order valence-corrected chi connectivity index (χ0v) is 8.18. The van der Waals surface area contributed by atoms with Gasteiger partial charge in [-0.15, -0.1) is 0 Å². The van der Waals surface area contributed by atoms with Crippen LogP contribution in [0.1, 0.15) is 17.7 Å². The van der Waals surface area contributed by atoms with Crippen LogP contribution in [0.2, 0.25) is 0 Å². The van der Waals surface area contributed by atoms with Gasteiger partial charge in [0.25, 0.3) is 6.43 Å². The van der Waals surface area contributed by atoms with Gasteiger partial charge in [-0.25, -0.2) is 13.8 Å². The number of pyridine rings is 1. The van der Waals surface area contributed by atoms with Crippen LogP contribution in [0.4, 0.5) is 14.5 Å². The molecule has 0 aliphatic carbocycles. The van der Waals surface area contributed by atoms with E-state index in [2.05, 4.69) is 20.9 Å². The monoisotopic (exact) mass is 251 g/mol. The number of nitrogens with two attached hydrogens (primary N) is 2. The summed E-state index contributed by atoms with van der Waals surface area (Å²) in [6.07, 6.45) is -2.61. The van der Waals surface area contributed by atoms with Gasteiger partial charge in [-0.1, -0.05) is 0 Å². The van der Waals surface area contributed by atoms with Crippen LogP contribution in [0.25, 0.3) is 0 Å². The molecule has 0 atom stereocenters. The molecule has 0 saturated heterocycles. The van der Waals surface area contributed by atoms with Crippen molar-refractivity contribution in [2.45, 2.75) is 13.0 Å². The lowest BCUT2D eigenvalue weighted by Crippen LogP contribution is -2.08. The second-order valence-corrected chi connectivity index (χ2v) is 3.21. The van der Waals surface area contributed by atoms with Gasteiger partial charge in [0.15, 0.2) is 0 Å². The number of anilines is 1. The van der Waals surface area contributed by atoms with E-state index in [9.17, 15) is 8.78 Å². The van der Waals surface area contributed by atoms with Crippen LogP contribution >= 0.6 is 15.9 Å². The van der Waals surface area contributed by atoms with E-state index in [0.29, 0.717) is 4.60 Å². The minimum Gasteiger partial charge on any atom is -0.397 e. The SMILES string of the molecule is NCc1nc(Br)cc(C(F)F)c1N. The van der Waals surface area contributed by atoms with E-state index < -0.39 is 6.43 Å². The first kappa shape index (κ1) is 10.3. The molecule has 1 rings (SSSR count). The third-order valence-electron chi connectivity index (χ3n) is 1.57. The number of hydrogen-bond acceptors (Lipinski definition) is 3. The lowest BCUT2D eigenvalue weighted by molar-refractivity contribution is 0.152. The number of halogens is 3. The van der Waals surface area contributed by atoms with E-state index in [-0.39, 0.29) is 23.5 Å². The highest BCUT2D eigenvalue weighted by atomic mass is 79.9. The molecule has 1 aromatic heterocycles. The normalized spacial score (nSPS) is 10.8. The summed E-state index contributed by atoms with van der Waals surface area (Å²) in [4.78, 5) is 3.87. The number of nitrogen functional groups attached to an aromatic ring is 1. The zero-order valence-electron chi connectivity index (χ0n) is 6.60. The standard InChI is InChI=1S/C7H8BrF2N3/c8-5-1-3(7(9)10)6(12)4(2-11)13-5/h1,7H,2,11-12H2. The second-order valence-electron chi connectivity index (χ2n) is 2.40. The van der Waals surface area contributed by atoms with Crippen molar-refractivity contribution in [1.29, 1.82) is 0 Å². The van der Waals surface area contributed by atoms with Crippen LogP contribution in [0.15, 0.2) is 10.7 Å². The Morgan fingerprint density at radius 2 is 2.15 bits per heavy atom. The molecule has 0 fully saturated rings. The van der Waals surface area contributed by atoms with Gasteiger partial charge in [-0.2, -0.15) is 0 Å². The Kier molecular flexibility index (Phi) is 3.16. The van der Waals surface area contributed by atoms with Crippen molar-refractivity contribution in [3.8, 4) is 0 Å². The van der Waals surface area contributed by atoms with Crippen LogP contribution in [0.5, 0.6) is 0 Å². The van der Waals surface area contributed by atoms with Crippen molar-refractivity contribution in [2.75, 3.05) is 5.73 Å². The van der Waals surface area contributed by atoms with Gasteiger partial charge < -0.3 is 11.5 Å². The van der Waals surface area contributed by atoms with Gasteiger partial charge in [0.2, 0.25) is 0 Å². The third kappa shape index (κ3) is 2.13. The van der Waals surface area contributed by atoms with Crippen molar-refractivity contribution in [3.63, 3.8) is 0 Å². The number of alkyl halides is 2. The Labute approximate surface area is 82.3 Å². The zero-order chi connectivity index (χ0) is 10.0. The maximum atomic E-state index is 12.4. The molecule has 13 heavy (non-hydrogen) atoms. The van der Waals surface area contributed by atoms with Crippen LogP contribution < -0.4 is 11.5 Å². The summed E-state index contributed by atoms with van der Waals surface area (Å²) in [5.41, 5.74) is 10.7. The predicted molar refractivity (Wildman–Crippen MR) is 49.2 cm³/mol. The van der Waals surface area contributed by atoms with Crippen molar-refractivity contribution in [3.05, 3.63) is 21.9 Å². The van der Waals surface area contributed by atoms with E-state index in [0.717, 1.165) is 0 Å². The number of aromatic nitrogens is 1. The lowest BCUT2D eigenvalue weighted by Gasteiger charge is -2.08. The Bertz CT molecular complexity index is 317. The van der Waals surface area contributed by atoms with Gasteiger partial charge >= 0.3 is 0 Å². The van der Waals surface area contributed by atoms with Crippen LogP contribution in [-0.4, -0.2) is 4.98 Å². The molecule has 0 bridgehead atoms. The van der Waals surface area contributed by atoms with E-state index in [1.54, 1.807) is 0 Å². The van der Waals surface area contributed by atoms with Gasteiger partial charge in [0, 0.05) is 12.1 Å². The first-order valence-corrected chi connectivity index (χ1v) is 4.28. The molecule has 3 nitrogen and oxygen atoms in total. The molecule has 1 aromatic rings. The van der Waals surface area contributed by atoms with Crippen molar-refractivity contribution in [2.24, 2.45) is 5.73 Å². The molecule has 4 N–H and O–H groups in total. The highest BCUT2D eigenvalue weighted by molar-refractivity contribution is 9.10. The molecule has 72 valence electrons. The van der Waals surface area contributed by atoms with Crippen molar-refractivity contribution < 1.29 is 8.78 Å². The highest BCUT2D eigenvalue weighted by Gasteiger charge is 2.15. The molecular weight excluding hydrogens is 244 g/mol. The first-order valence-electron chi connectivity index (χ1n) is 3.49. The molecule has 0 amide bonds. The van der Waals surface area contributed by atoms with E-state index in [4.69, 9.17) is 11.5 Å². The maximum absolute atomic E-state index is 12.4. The predicted octanol–water partition coefficient (Wildman–Crippen LogP) is 1.82. The molecule has 0 radical (unpaired) electrons. The Morgan fingerprint density at radius 3 is 2.62 bits per heavy atom. The molecule has 0 saturated carbocycles. The fraction of sp³-hybridized carbons (Fsp3) is 0.286. The minimum absolute atomic E-state index is 0.0271. The van der Waals surface area contributed by atoms with Crippen LogP contribution in [0, 0.1) is 0 Å². The van der Waals surface area contributed by atoms with Gasteiger partial charge in [-0.05, 0) is 22.0 Å². The molecule has 1 heterocycles. The quantitative estimate of drug-likeness (QED) is 0.789. The number of nitrogens with zero attached hydrogens (tertiary/aromatic N) is 1. The first-order chi connectivity index (χ1) is 6.06. The Morgan fingerprint density at radius 1 is 1.54 bits per heavy atom. The molecular formula is C7H8BrF2N3. The summed E-state index contributed by atoms with van der Waals surface area (Å²) >= 11 is 3.00. The summed E-state index contributed by atoms with van der Waals surface area (Å²) in [6, 6.07) is 1.19. The Hall–Kier alpha value is -0.750. The molecule has 0 aliphatic rings. The van der Waals surface area contributed by atoms with Gasteiger partial charge in [0.1, 0.15) is 4.60 Å². The highest BCUT2D eigenvalue weighted by Crippen LogP contribution is 2.28. The fourth-order valence-corrected chi connectivity index (χ4v) is 1.39. The van der Waals surface area contributed by atoms with Crippen molar-refractivity contribution >= 4 is 21.6 Å². The summed E-state index contributed by atoms with van der Waals surface area (Å²) < 4.78 is 25.0. The molecule has 6 heteroatoms. The fourth-order valence-electron chi connectivity index (χ4n) is 0.930. The summed E-state index contributed by atoms with van der Waals surface area (Å²) in [7, 11) is 0. The van der Waals surface area contributed by atoms with Crippen LogP contribution in [-0.2, 0) is 6.54 Å². The van der Waals surface area contributed by atoms with Crippen molar-refractivity contribution in [1.82, 2.24) is 4.98 Å². The summed E-state index contributed by atoms with van der Waals surface area (Å²) in [6.45, 7) is 0.0466. The molecule has 0 aromatic carbocycles. The molecule has 0 unspecified atom stereocenters. The topological polar surface area (TPSA) is 64.9 Å². The number of rotatable bonds is 2. The van der Waals surface area contributed by atoms with Crippen LogP contribution in [0.3, 0.4) is 0 Å². The Balaban J connectivity index is 3.27. The average Bonchev–Trinajstić information content (AvgIpc) is 2.08. The summed E-state index contributed by atoms with van der Waals surface area (Å²) in [5, 5.41) is 0. The minimum atomic E-state index is -2.61. The van der Waals surface area contributed by atoms with Gasteiger partial charge in [0.05, 0.1) is 11.4 Å². The lowest BCUT2D eigenvalue weighted by atomic mass is 10.2.